The van der Waals surface area contributed by atoms with Gasteiger partial charge in [-0.25, -0.2) is 9.59 Å². The van der Waals surface area contributed by atoms with Crippen LogP contribution in [-0.2, 0) is 38.4 Å². The maximum Gasteiger partial charge on any atom is 0.326 e. The molecule has 0 aromatic carbocycles. The van der Waals surface area contributed by atoms with E-state index in [1.807, 2.05) is 0 Å². The van der Waals surface area contributed by atoms with Crippen LogP contribution in [0.3, 0.4) is 0 Å². The van der Waals surface area contributed by atoms with Crippen LogP contribution < -0.4 is 16.4 Å². The molecule has 0 spiro atoms. The average molecular weight is 532 g/mol. The zero-order chi connectivity index (χ0) is 28.7. The monoisotopic (exact) mass is 531 g/mol. The molecule has 4 atom stereocenters. The molecule has 0 aliphatic heterocycles. The van der Waals surface area contributed by atoms with Crippen molar-refractivity contribution in [1.29, 1.82) is 0 Å². The first-order chi connectivity index (χ1) is 17.1. The minimum absolute atomic E-state index is 0.0723. The Morgan fingerprint density at radius 2 is 1.08 bits per heavy atom. The lowest BCUT2D eigenvalue weighted by Gasteiger charge is -2.16. The van der Waals surface area contributed by atoms with Crippen LogP contribution in [0.15, 0.2) is 0 Å². The fourth-order valence-corrected chi connectivity index (χ4v) is 3.11. The number of carboxylic acids is 4. The topological polar surface area (TPSA) is 268 Å². The third-order valence-corrected chi connectivity index (χ3v) is 5.31. The minimum atomic E-state index is -1.48. The molecule has 0 rings (SSSR count). The van der Waals surface area contributed by atoms with Gasteiger partial charge in [-0.05, 0) is 32.6 Å². The largest absolute Gasteiger partial charge is 0.481 e. The highest BCUT2D eigenvalue weighted by Gasteiger charge is 2.26. The highest BCUT2D eigenvalue weighted by molar-refractivity contribution is 5.87. The van der Waals surface area contributed by atoms with Crippen molar-refractivity contribution in [2.75, 3.05) is 0 Å². The van der Waals surface area contributed by atoms with Crippen molar-refractivity contribution in [3.63, 3.8) is 0 Å². The summed E-state index contributed by atoms with van der Waals surface area (Å²) in [6, 6.07) is -4.11. The molecular weight excluding hydrogens is 498 g/mol. The maximum atomic E-state index is 12.3. The number of hydrogen-bond donors (Lipinski definition) is 7. The van der Waals surface area contributed by atoms with Gasteiger partial charge in [0, 0.05) is 32.1 Å². The number of carboxylic acid groups (broad SMARTS) is 4. The summed E-state index contributed by atoms with van der Waals surface area (Å²) < 4.78 is 0. The summed E-state index contributed by atoms with van der Waals surface area (Å²) in [6.07, 6.45) is -2.77. The highest BCUT2D eigenvalue weighted by atomic mass is 16.4. The fraction of sp³-hybridized carbons (Fsp3) is 0.636. The zero-order valence-corrected chi connectivity index (χ0v) is 20.3. The molecule has 0 aliphatic carbocycles. The van der Waals surface area contributed by atoms with Gasteiger partial charge < -0.3 is 41.6 Å². The first kappa shape index (κ1) is 33.1. The van der Waals surface area contributed by atoms with Crippen LogP contribution in [-0.4, -0.2) is 85.8 Å². The fourth-order valence-electron chi connectivity index (χ4n) is 3.11. The molecule has 2 amide bonds. The Hall–Kier alpha value is -3.88. The van der Waals surface area contributed by atoms with E-state index in [9.17, 15) is 48.6 Å². The van der Waals surface area contributed by atoms with Crippen molar-refractivity contribution < 1.29 is 58.8 Å². The van der Waals surface area contributed by atoms with Crippen molar-refractivity contribution in [2.24, 2.45) is 11.7 Å². The van der Waals surface area contributed by atoms with E-state index < -0.39 is 84.8 Å². The maximum absolute atomic E-state index is 12.3. The van der Waals surface area contributed by atoms with E-state index in [0.29, 0.717) is 0 Å². The van der Waals surface area contributed by atoms with E-state index in [0.717, 1.165) is 0 Å². The molecule has 0 aliphatic rings. The number of carbonyl (C=O) groups is 8. The quantitative estimate of drug-likeness (QED) is 0.0984. The number of amides is 2. The normalized spacial score (nSPS) is 13.9. The van der Waals surface area contributed by atoms with Crippen molar-refractivity contribution in [3.8, 4) is 0 Å². The van der Waals surface area contributed by atoms with Crippen LogP contribution in [0.25, 0.3) is 0 Å². The second-order valence-corrected chi connectivity index (χ2v) is 8.50. The number of ketones is 2. The summed E-state index contributed by atoms with van der Waals surface area (Å²) in [6.45, 7) is 1.26. The Morgan fingerprint density at radius 1 is 0.622 bits per heavy atom. The van der Waals surface area contributed by atoms with Gasteiger partial charge in [-0.3, -0.25) is 24.0 Å². The Labute approximate surface area is 211 Å². The van der Waals surface area contributed by atoms with E-state index in [2.05, 4.69) is 10.6 Å². The third-order valence-electron chi connectivity index (χ3n) is 5.31. The van der Waals surface area contributed by atoms with Crippen molar-refractivity contribution >= 4 is 47.3 Å². The van der Waals surface area contributed by atoms with Gasteiger partial charge in [0.2, 0.25) is 11.8 Å². The molecular formula is C22H33N3O12. The lowest BCUT2D eigenvalue weighted by molar-refractivity contribution is -0.145. The smallest absolute Gasteiger partial charge is 0.326 e. The Balaban J connectivity index is 4.78. The van der Waals surface area contributed by atoms with Gasteiger partial charge in [-0.15, -0.1) is 0 Å². The number of nitrogens with one attached hydrogen (secondary N) is 2. The van der Waals surface area contributed by atoms with Crippen LogP contribution in [0.1, 0.15) is 64.7 Å². The van der Waals surface area contributed by atoms with Crippen LogP contribution >= 0.6 is 0 Å². The van der Waals surface area contributed by atoms with Gasteiger partial charge in [-0.2, -0.15) is 0 Å². The van der Waals surface area contributed by atoms with E-state index >= 15 is 0 Å². The van der Waals surface area contributed by atoms with E-state index in [4.69, 9.17) is 15.9 Å². The molecule has 0 aromatic rings. The molecule has 0 radical (unpaired) electrons. The van der Waals surface area contributed by atoms with E-state index in [-0.39, 0.29) is 44.3 Å². The molecule has 208 valence electrons. The summed E-state index contributed by atoms with van der Waals surface area (Å²) in [5.74, 6) is -9.27. The zero-order valence-electron chi connectivity index (χ0n) is 20.3. The first-order valence-electron chi connectivity index (χ1n) is 11.4. The predicted octanol–water partition coefficient (Wildman–Crippen LogP) is -1.09. The molecule has 0 saturated carbocycles. The summed E-state index contributed by atoms with van der Waals surface area (Å²) >= 11 is 0. The molecule has 0 unspecified atom stereocenters. The number of aliphatic carboxylic acids is 4. The summed E-state index contributed by atoms with van der Waals surface area (Å²) in [4.78, 5) is 92.0. The lowest BCUT2D eigenvalue weighted by Crippen LogP contribution is -2.42. The summed E-state index contributed by atoms with van der Waals surface area (Å²) in [5, 5.41) is 40.8. The predicted molar refractivity (Wildman–Crippen MR) is 123 cm³/mol. The minimum Gasteiger partial charge on any atom is -0.481 e. The van der Waals surface area contributed by atoms with Crippen LogP contribution in [0, 0.1) is 5.92 Å². The highest BCUT2D eigenvalue weighted by Crippen LogP contribution is 2.15. The molecule has 0 aromatic heterocycles. The van der Waals surface area contributed by atoms with Crippen molar-refractivity contribution in [2.45, 2.75) is 82.8 Å². The second-order valence-electron chi connectivity index (χ2n) is 8.50. The van der Waals surface area contributed by atoms with E-state index in [1.165, 1.54) is 6.92 Å². The molecule has 8 N–H and O–H groups in total. The first-order valence-corrected chi connectivity index (χ1v) is 11.4. The number of nitrogens with two attached hydrogens (primary N) is 1. The molecule has 0 heterocycles. The molecule has 37 heavy (non-hydrogen) atoms. The van der Waals surface area contributed by atoms with Gasteiger partial charge >= 0.3 is 23.9 Å². The average Bonchev–Trinajstić information content (AvgIpc) is 2.79. The van der Waals surface area contributed by atoms with Gasteiger partial charge in [0.25, 0.3) is 0 Å². The standard InChI is InChI=1S/C22H33N3O12/c1-11(26)2-6-15(21(34)35)24-17(28)8-3-12(19(30)31)10-13(27)4-7-16(22(36)37)25-18(29)9-5-14(23)20(32)33/h12,14-16H,2-10,23H2,1H3,(H,24,28)(H,25,29)(H,30,31)(H,32,33)(H,34,35)(H,36,37)/t12-,14+,15+,16+/m1/s1. The van der Waals surface area contributed by atoms with Crippen molar-refractivity contribution in [3.05, 3.63) is 0 Å². The van der Waals surface area contributed by atoms with Gasteiger partial charge in [0.15, 0.2) is 0 Å². The molecule has 0 bridgehead atoms. The van der Waals surface area contributed by atoms with Gasteiger partial charge in [0.1, 0.15) is 29.7 Å². The second kappa shape index (κ2) is 16.7. The number of hydrogen-bond acceptors (Lipinski definition) is 9. The molecule has 0 saturated heterocycles. The van der Waals surface area contributed by atoms with Gasteiger partial charge in [0.05, 0.1) is 5.92 Å². The molecule has 0 fully saturated rings. The van der Waals surface area contributed by atoms with Gasteiger partial charge in [-0.1, -0.05) is 0 Å². The van der Waals surface area contributed by atoms with Crippen LogP contribution in [0.5, 0.6) is 0 Å². The van der Waals surface area contributed by atoms with E-state index in [1.54, 1.807) is 0 Å². The van der Waals surface area contributed by atoms with Crippen LogP contribution in [0.4, 0.5) is 0 Å². The molecule has 15 nitrogen and oxygen atoms in total. The van der Waals surface area contributed by atoms with Crippen LogP contribution in [0.2, 0.25) is 0 Å². The number of carbonyl (C=O) groups excluding carboxylic acids is 4. The Morgan fingerprint density at radius 3 is 1.49 bits per heavy atom. The molecule has 15 heteroatoms. The Bertz CT molecular complexity index is 888. The van der Waals surface area contributed by atoms with Crippen molar-refractivity contribution in [1.82, 2.24) is 10.6 Å². The number of rotatable bonds is 20. The SMILES string of the molecule is CC(=O)CC[C@H](NC(=O)CC[C@H](CC(=O)CC[C@H](NC(=O)CC[C@H](N)C(=O)O)C(=O)O)C(=O)O)C(=O)O. The lowest BCUT2D eigenvalue weighted by atomic mass is 9.94. The number of Topliss-reactive ketones (excluding diaryl/α,β-unsaturated/α-hetero) is 2. The third kappa shape index (κ3) is 15.0. The summed E-state index contributed by atoms with van der Waals surface area (Å²) in [5.41, 5.74) is 5.28. The Kier molecular flexibility index (Phi) is 15.0. The summed E-state index contributed by atoms with van der Waals surface area (Å²) in [7, 11) is 0.